The van der Waals surface area contributed by atoms with Gasteiger partial charge in [-0.3, -0.25) is 4.79 Å². The van der Waals surface area contributed by atoms with E-state index in [-0.39, 0.29) is 5.91 Å². The number of amides is 1. The molecule has 0 unspecified atom stereocenters. The third kappa shape index (κ3) is 3.68. The minimum absolute atomic E-state index is 0.167. The zero-order valence-electron chi connectivity index (χ0n) is 14.2. The first-order chi connectivity index (χ1) is 13.2. The first kappa shape index (κ1) is 16.9. The van der Waals surface area contributed by atoms with Gasteiger partial charge in [0.1, 0.15) is 17.2 Å². The van der Waals surface area contributed by atoms with Crippen molar-refractivity contribution in [3.63, 3.8) is 0 Å². The number of nitrogens with zero attached hydrogens (tertiary/aromatic N) is 3. The second-order valence-electron chi connectivity index (χ2n) is 5.76. The van der Waals surface area contributed by atoms with Crippen molar-refractivity contribution in [2.75, 3.05) is 11.1 Å². The van der Waals surface area contributed by atoms with Crippen LogP contribution in [0.3, 0.4) is 0 Å². The Morgan fingerprint density at radius 1 is 1.07 bits per heavy atom. The lowest BCUT2D eigenvalue weighted by Crippen LogP contribution is -2.11. The summed E-state index contributed by atoms with van der Waals surface area (Å²) in [4.78, 5) is 25.1. The molecule has 3 N–H and O–H groups in total. The Bertz CT molecular complexity index is 1090. The van der Waals surface area contributed by atoms with Crippen molar-refractivity contribution >= 4 is 28.7 Å². The molecule has 27 heavy (non-hydrogen) atoms. The normalized spacial score (nSPS) is 10.5. The molecule has 4 aromatic rings. The van der Waals surface area contributed by atoms with Crippen LogP contribution in [0, 0.1) is 0 Å². The molecule has 0 radical (unpaired) electrons. The highest BCUT2D eigenvalue weighted by atomic mass is 32.1. The van der Waals surface area contributed by atoms with Crippen LogP contribution in [0.2, 0.25) is 0 Å². The topological polar surface area (TPSA) is 93.8 Å². The highest BCUT2D eigenvalue weighted by Crippen LogP contribution is 2.31. The van der Waals surface area contributed by atoms with E-state index in [9.17, 15) is 4.79 Å². The zero-order valence-corrected chi connectivity index (χ0v) is 15.0. The average Bonchev–Trinajstić information content (AvgIpc) is 3.19. The van der Waals surface area contributed by atoms with Gasteiger partial charge in [0.15, 0.2) is 0 Å². The number of carbonyl (C=O) groups is 1. The molecule has 2 aromatic heterocycles. The minimum atomic E-state index is -0.167. The summed E-state index contributed by atoms with van der Waals surface area (Å²) >= 11 is 1.46. The summed E-state index contributed by atoms with van der Waals surface area (Å²) in [6.07, 6.45) is 3.05. The van der Waals surface area contributed by atoms with Gasteiger partial charge in [0.05, 0.1) is 11.3 Å². The molecule has 0 aliphatic rings. The lowest BCUT2D eigenvalue weighted by molar-refractivity contribution is 0.102. The molecule has 0 spiro atoms. The molecule has 1 amide bonds. The van der Waals surface area contributed by atoms with Gasteiger partial charge in [-0.15, -0.1) is 11.3 Å². The fourth-order valence-corrected chi connectivity index (χ4v) is 3.43. The van der Waals surface area contributed by atoms with Crippen molar-refractivity contribution in [2.24, 2.45) is 0 Å². The number of nitrogens with two attached hydrogens (primary N) is 1. The summed E-state index contributed by atoms with van der Waals surface area (Å²) in [5.41, 5.74) is 9.54. The van der Waals surface area contributed by atoms with Crippen molar-refractivity contribution in [1.29, 1.82) is 0 Å². The molecule has 0 aliphatic carbocycles. The van der Waals surface area contributed by atoms with Gasteiger partial charge < -0.3 is 11.1 Å². The molecule has 0 atom stereocenters. The number of anilines is 2. The zero-order chi connectivity index (χ0) is 18.6. The summed E-state index contributed by atoms with van der Waals surface area (Å²) in [5, 5.41) is 5.55. The third-order valence-electron chi connectivity index (χ3n) is 3.93. The number of aromatic nitrogens is 3. The second-order valence-corrected chi connectivity index (χ2v) is 6.62. The van der Waals surface area contributed by atoms with E-state index in [2.05, 4.69) is 20.3 Å². The predicted molar refractivity (Wildman–Crippen MR) is 107 cm³/mol. The van der Waals surface area contributed by atoms with Crippen LogP contribution in [0.5, 0.6) is 0 Å². The average molecular weight is 373 g/mol. The van der Waals surface area contributed by atoms with Crippen LogP contribution in [0.1, 0.15) is 10.4 Å². The van der Waals surface area contributed by atoms with Crippen molar-refractivity contribution in [2.45, 2.75) is 0 Å². The maximum Gasteiger partial charge on any atom is 0.255 e. The first-order valence-electron chi connectivity index (χ1n) is 8.19. The van der Waals surface area contributed by atoms with Crippen LogP contribution in [0.15, 0.2) is 72.5 Å². The third-order valence-corrected chi connectivity index (χ3v) is 4.81. The fraction of sp³-hybridized carbons (Fsp3) is 0. The SMILES string of the molecule is Nc1ncncc1-c1nc(-c2cccc(C(=O)Nc3ccccc3)c2)cs1. The van der Waals surface area contributed by atoms with Crippen molar-refractivity contribution in [3.05, 3.63) is 78.1 Å². The van der Waals surface area contributed by atoms with Crippen molar-refractivity contribution < 1.29 is 4.79 Å². The number of para-hydroxylation sites is 1. The molecular formula is C20H15N5OS. The molecule has 0 aliphatic heterocycles. The van der Waals surface area contributed by atoms with Gasteiger partial charge in [-0.05, 0) is 24.3 Å². The summed E-state index contributed by atoms with van der Waals surface area (Å²) in [7, 11) is 0. The van der Waals surface area contributed by atoms with Gasteiger partial charge in [-0.25, -0.2) is 15.0 Å². The van der Waals surface area contributed by atoms with Gasteiger partial charge in [0.2, 0.25) is 0 Å². The Morgan fingerprint density at radius 2 is 1.93 bits per heavy atom. The van der Waals surface area contributed by atoms with E-state index in [0.29, 0.717) is 16.9 Å². The quantitative estimate of drug-likeness (QED) is 0.562. The summed E-state index contributed by atoms with van der Waals surface area (Å²) in [6, 6.07) is 16.7. The molecule has 4 rings (SSSR count). The molecule has 2 heterocycles. The Morgan fingerprint density at radius 3 is 2.74 bits per heavy atom. The smallest absolute Gasteiger partial charge is 0.255 e. The number of hydrogen-bond acceptors (Lipinski definition) is 6. The summed E-state index contributed by atoms with van der Waals surface area (Å²) in [6.45, 7) is 0. The number of carbonyl (C=O) groups excluding carboxylic acids is 1. The van der Waals surface area contributed by atoms with Gasteiger partial charge in [-0.2, -0.15) is 0 Å². The maximum atomic E-state index is 12.5. The molecular weight excluding hydrogens is 358 g/mol. The van der Waals surface area contributed by atoms with Crippen molar-refractivity contribution in [1.82, 2.24) is 15.0 Å². The molecule has 0 bridgehead atoms. The molecule has 0 saturated heterocycles. The van der Waals surface area contributed by atoms with Crippen LogP contribution in [0.4, 0.5) is 11.5 Å². The largest absolute Gasteiger partial charge is 0.383 e. The minimum Gasteiger partial charge on any atom is -0.383 e. The molecule has 132 valence electrons. The standard InChI is InChI=1S/C20H15N5OS/c21-18-16(10-22-12-23-18)20-25-17(11-27-20)13-5-4-6-14(9-13)19(26)24-15-7-2-1-3-8-15/h1-12H,(H,24,26)(H2,21,22,23). The Hall–Kier alpha value is -3.58. The van der Waals surface area contributed by atoms with Gasteiger partial charge in [0, 0.05) is 28.4 Å². The summed E-state index contributed by atoms with van der Waals surface area (Å²) in [5.74, 6) is 0.223. The van der Waals surface area contributed by atoms with Gasteiger partial charge >= 0.3 is 0 Å². The van der Waals surface area contributed by atoms with Crippen LogP contribution in [-0.2, 0) is 0 Å². The number of hydrogen-bond donors (Lipinski definition) is 2. The second kappa shape index (κ2) is 7.35. The maximum absolute atomic E-state index is 12.5. The van der Waals surface area contributed by atoms with E-state index < -0.39 is 0 Å². The molecule has 2 aromatic carbocycles. The summed E-state index contributed by atoms with van der Waals surface area (Å²) < 4.78 is 0. The highest BCUT2D eigenvalue weighted by molar-refractivity contribution is 7.13. The van der Waals surface area contributed by atoms with Crippen molar-refractivity contribution in [3.8, 4) is 21.8 Å². The predicted octanol–water partition coefficient (Wildman–Crippen LogP) is 4.10. The fourth-order valence-electron chi connectivity index (χ4n) is 2.58. The number of nitrogens with one attached hydrogen (secondary N) is 1. The lowest BCUT2D eigenvalue weighted by atomic mass is 10.1. The monoisotopic (exact) mass is 373 g/mol. The Balaban J connectivity index is 1.60. The lowest BCUT2D eigenvalue weighted by Gasteiger charge is -2.06. The van der Waals surface area contributed by atoms with Crippen LogP contribution >= 0.6 is 11.3 Å². The van der Waals surface area contributed by atoms with E-state index in [1.54, 1.807) is 12.3 Å². The van der Waals surface area contributed by atoms with Gasteiger partial charge in [-0.1, -0.05) is 30.3 Å². The first-order valence-corrected chi connectivity index (χ1v) is 9.07. The van der Waals surface area contributed by atoms with Crippen LogP contribution in [0.25, 0.3) is 21.8 Å². The highest BCUT2D eigenvalue weighted by Gasteiger charge is 2.12. The molecule has 7 heteroatoms. The van der Waals surface area contributed by atoms with Gasteiger partial charge in [0.25, 0.3) is 5.91 Å². The molecule has 0 fully saturated rings. The number of benzene rings is 2. The van der Waals surface area contributed by atoms with E-state index >= 15 is 0 Å². The number of nitrogen functional groups attached to an aromatic ring is 1. The van der Waals surface area contributed by atoms with Crippen LogP contribution in [-0.4, -0.2) is 20.9 Å². The Labute approximate surface area is 159 Å². The Kier molecular flexibility index (Phi) is 4.59. The van der Waals surface area contributed by atoms with E-state index in [1.165, 1.54) is 17.7 Å². The van der Waals surface area contributed by atoms with E-state index in [4.69, 9.17) is 5.73 Å². The van der Waals surface area contributed by atoms with Crippen LogP contribution < -0.4 is 11.1 Å². The molecule has 0 saturated carbocycles. The van der Waals surface area contributed by atoms with E-state index in [0.717, 1.165) is 22.0 Å². The van der Waals surface area contributed by atoms with E-state index in [1.807, 2.05) is 53.9 Å². The number of rotatable bonds is 4. The molecule has 6 nitrogen and oxygen atoms in total. The number of thiazole rings is 1.